The molecule has 0 radical (unpaired) electrons. The monoisotopic (exact) mass is 321 g/mol. The SMILES string of the molecule is CCCNC(c1ccc(C)cc1C)c1ccoc1Br. The van der Waals surface area contributed by atoms with E-state index in [1.807, 2.05) is 6.07 Å². The van der Waals surface area contributed by atoms with Gasteiger partial charge in [-0.2, -0.15) is 0 Å². The van der Waals surface area contributed by atoms with Crippen molar-refractivity contribution in [3.05, 3.63) is 57.5 Å². The van der Waals surface area contributed by atoms with Crippen LogP contribution in [0.4, 0.5) is 0 Å². The molecule has 102 valence electrons. The lowest BCUT2D eigenvalue weighted by atomic mass is 9.95. The van der Waals surface area contributed by atoms with E-state index in [9.17, 15) is 0 Å². The average Bonchev–Trinajstić information content (AvgIpc) is 2.78. The zero-order chi connectivity index (χ0) is 13.8. The van der Waals surface area contributed by atoms with Gasteiger partial charge in [-0.1, -0.05) is 30.7 Å². The number of rotatable bonds is 5. The van der Waals surface area contributed by atoms with Gasteiger partial charge in [0.25, 0.3) is 0 Å². The molecule has 1 atom stereocenters. The zero-order valence-electron chi connectivity index (χ0n) is 11.7. The van der Waals surface area contributed by atoms with Gasteiger partial charge in [0.2, 0.25) is 0 Å². The summed E-state index contributed by atoms with van der Waals surface area (Å²) in [4.78, 5) is 0. The number of furan rings is 1. The fourth-order valence-corrected chi connectivity index (χ4v) is 2.80. The Hall–Kier alpha value is -1.06. The van der Waals surface area contributed by atoms with Crippen LogP contribution in [0, 0.1) is 13.8 Å². The predicted molar refractivity (Wildman–Crippen MR) is 82.5 cm³/mol. The first-order chi connectivity index (χ1) is 9.13. The Kier molecular flexibility index (Phi) is 4.83. The Labute approximate surface area is 123 Å². The van der Waals surface area contributed by atoms with Gasteiger partial charge in [-0.05, 0) is 59.9 Å². The molecule has 1 heterocycles. The maximum atomic E-state index is 5.39. The van der Waals surface area contributed by atoms with Crippen LogP contribution in [-0.4, -0.2) is 6.54 Å². The number of aryl methyl sites for hydroxylation is 2. The molecule has 0 fully saturated rings. The van der Waals surface area contributed by atoms with E-state index in [-0.39, 0.29) is 6.04 Å². The molecule has 0 spiro atoms. The summed E-state index contributed by atoms with van der Waals surface area (Å²) < 4.78 is 6.19. The van der Waals surface area contributed by atoms with Gasteiger partial charge in [0.1, 0.15) is 0 Å². The number of hydrogen-bond donors (Lipinski definition) is 1. The maximum absolute atomic E-state index is 5.39. The largest absolute Gasteiger partial charge is 0.457 e. The summed E-state index contributed by atoms with van der Waals surface area (Å²) in [5.41, 5.74) is 5.06. The summed E-state index contributed by atoms with van der Waals surface area (Å²) in [6, 6.07) is 8.79. The van der Waals surface area contributed by atoms with Crippen LogP contribution in [0.1, 0.15) is 41.6 Å². The lowest BCUT2D eigenvalue weighted by molar-refractivity contribution is 0.523. The first kappa shape index (κ1) is 14.4. The highest BCUT2D eigenvalue weighted by atomic mass is 79.9. The molecule has 2 rings (SSSR count). The second kappa shape index (κ2) is 6.40. The number of nitrogens with one attached hydrogen (secondary N) is 1. The minimum Gasteiger partial charge on any atom is -0.457 e. The molecule has 0 aliphatic heterocycles. The first-order valence-corrected chi connectivity index (χ1v) is 7.46. The van der Waals surface area contributed by atoms with Crippen molar-refractivity contribution in [3.8, 4) is 0 Å². The predicted octanol–water partition coefficient (Wildman–Crippen LogP) is 4.75. The summed E-state index contributed by atoms with van der Waals surface area (Å²) in [5, 5.41) is 3.60. The molecular formula is C16H20BrNO. The molecule has 1 unspecified atom stereocenters. The highest BCUT2D eigenvalue weighted by molar-refractivity contribution is 9.10. The number of halogens is 1. The van der Waals surface area contributed by atoms with Gasteiger partial charge in [-0.3, -0.25) is 0 Å². The Morgan fingerprint density at radius 2 is 2.00 bits per heavy atom. The van der Waals surface area contributed by atoms with Gasteiger partial charge in [0, 0.05) is 5.56 Å². The van der Waals surface area contributed by atoms with E-state index in [0.29, 0.717) is 0 Å². The van der Waals surface area contributed by atoms with Crippen molar-refractivity contribution in [2.75, 3.05) is 6.54 Å². The highest BCUT2D eigenvalue weighted by Crippen LogP contribution is 2.31. The van der Waals surface area contributed by atoms with Gasteiger partial charge in [0.15, 0.2) is 4.67 Å². The average molecular weight is 322 g/mol. The van der Waals surface area contributed by atoms with E-state index in [2.05, 4.69) is 60.2 Å². The van der Waals surface area contributed by atoms with Crippen LogP contribution in [0.3, 0.4) is 0 Å². The van der Waals surface area contributed by atoms with Crippen molar-refractivity contribution < 1.29 is 4.42 Å². The van der Waals surface area contributed by atoms with Gasteiger partial charge in [-0.15, -0.1) is 0 Å². The molecule has 0 saturated carbocycles. The van der Waals surface area contributed by atoms with E-state index in [1.54, 1.807) is 6.26 Å². The molecular weight excluding hydrogens is 302 g/mol. The number of hydrogen-bond acceptors (Lipinski definition) is 2. The molecule has 3 heteroatoms. The van der Waals surface area contributed by atoms with Gasteiger partial charge in [-0.25, -0.2) is 0 Å². The fourth-order valence-electron chi connectivity index (χ4n) is 2.34. The third kappa shape index (κ3) is 3.28. The highest BCUT2D eigenvalue weighted by Gasteiger charge is 2.19. The van der Waals surface area contributed by atoms with Gasteiger partial charge < -0.3 is 9.73 Å². The minimum atomic E-state index is 0.175. The first-order valence-electron chi connectivity index (χ1n) is 6.67. The molecule has 0 aliphatic carbocycles. The quantitative estimate of drug-likeness (QED) is 0.859. The second-order valence-corrected chi connectivity index (χ2v) is 5.62. The van der Waals surface area contributed by atoms with E-state index < -0.39 is 0 Å². The van der Waals surface area contributed by atoms with E-state index in [4.69, 9.17) is 4.42 Å². The Morgan fingerprint density at radius 1 is 1.21 bits per heavy atom. The molecule has 0 amide bonds. The van der Waals surface area contributed by atoms with Crippen LogP contribution in [0.5, 0.6) is 0 Å². The maximum Gasteiger partial charge on any atom is 0.174 e. The normalized spacial score (nSPS) is 12.6. The summed E-state index contributed by atoms with van der Waals surface area (Å²) >= 11 is 3.49. The van der Waals surface area contributed by atoms with Crippen LogP contribution >= 0.6 is 15.9 Å². The van der Waals surface area contributed by atoms with Crippen LogP contribution in [-0.2, 0) is 0 Å². The molecule has 1 N–H and O–H groups in total. The van der Waals surface area contributed by atoms with Crippen molar-refractivity contribution in [2.45, 2.75) is 33.2 Å². The molecule has 2 nitrogen and oxygen atoms in total. The smallest absolute Gasteiger partial charge is 0.174 e. The summed E-state index contributed by atoms with van der Waals surface area (Å²) in [6.45, 7) is 7.45. The Bertz CT molecular complexity index is 547. The van der Waals surface area contributed by atoms with Crippen molar-refractivity contribution in [3.63, 3.8) is 0 Å². The fraction of sp³-hybridized carbons (Fsp3) is 0.375. The molecule has 0 aliphatic rings. The molecule has 1 aromatic carbocycles. The van der Waals surface area contributed by atoms with Crippen molar-refractivity contribution in [1.29, 1.82) is 0 Å². The second-order valence-electron chi connectivity index (χ2n) is 4.90. The van der Waals surface area contributed by atoms with Crippen LogP contribution in [0.15, 0.2) is 39.6 Å². The standard InChI is InChI=1S/C16H20BrNO/c1-4-8-18-15(14-7-9-19-16(14)17)13-6-5-11(2)10-12(13)3/h5-7,9-10,15,18H,4,8H2,1-3H3. The third-order valence-corrected chi connectivity index (χ3v) is 3.94. The van der Waals surface area contributed by atoms with Gasteiger partial charge in [0.05, 0.1) is 12.3 Å². The van der Waals surface area contributed by atoms with E-state index >= 15 is 0 Å². The molecule has 19 heavy (non-hydrogen) atoms. The lowest BCUT2D eigenvalue weighted by Gasteiger charge is -2.20. The molecule has 0 saturated heterocycles. The lowest BCUT2D eigenvalue weighted by Crippen LogP contribution is -2.23. The van der Waals surface area contributed by atoms with Crippen LogP contribution in [0.2, 0.25) is 0 Å². The molecule has 0 bridgehead atoms. The van der Waals surface area contributed by atoms with E-state index in [0.717, 1.165) is 23.2 Å². The topological polar surface area (TPSA) is 25.2 Å². The van der Waals surface area contributed by atoms with E-state index in [1.165, 1.54) is 16.7 Å². The van der Waals surface area contributed by atoms with Crippen molar-refractivity contribution >= 4 is 15.9 Å². The zero-order valence-corrected chi connectivity index (χ0v) is 13.3. The van der Waals surface area contributed by atoms with Crippen LogP contribution in [0.25, 0.3) is 0 Å². The Morgan fingerprint density at radius 3 is 2.58 bits per heavy atom. The number of benzene rings is 1. The Balaban J connectivity index is 2.40. The summed E-state index contributed by atoms with van der Waals surface area (Å²) in [7, 11) is 0. The minimum absolute atomic E-state index is 0.175. The summed E-state index contributed by atoms with van der Waals surface area (Å²) in [5.74, 6) is 0. The third-order valence-electron chi connectivity index (χ3n) is 3.29. The molecule has 2 aromatic rings. The van der Waals surface area contributed by atoms with Gasteiger partial charge >= 0.3 is 0 Å². The van der Waals surface area contributed by atoms with Crippen molar-refractivity contribution in [1.82, 2.24) is 5.32 Å². The molecule has 1 aromatic heterocycles. The van der Waals surface area contributed by atoms with Crippen molar-refractivity contribution in [2.24, 2.45) is 0 Å². The summed E-state index contributed by atoms with van der Waals surface area (Å²) in [6.07, 6.45) is 2.83. The van der Waals surface area contributed by atoms with Crippen LogP contribution < -0.4 is 5.32 Å².